The van der Waals surface area contributed by atoms with Crippen molar-refractivity contribution >= 4 is 17.4 Å². The van der Waals surface area contributed by atoms with E-state index in [0.717, 1.165) is 6.33 Å². The minimum absolute atomic E-state index is 0.183. The van der Waals surface area contributed by atoms with Gasteiger partial charge < -0.3 is 9.47 Å². The number of aromatic nitrogens is 2. The number of rotatable bonds is 7. The van der Waals surface area contributed by atoms with E-state index in [9.17, 15) is 14.9 Å². The van der Waals surface area contributed by atoms with Crippen LogP contribution >= 0.6 is 0 Å². The maximum atomic E-state index is 12.1. The fourth-order valence-corrected chi connectivity index (χ4v) is 1.86. The predicted octanol–water partition coefficient (Wildman–Crippen LogP) is 1.94. The van der Waals surface area contributed by atoms with E-state index in [4.69, 9.17) is 9.47 Å². The molecule has 0 fully saturated rings. The van der Waals surface area contributed by atoms with Crippen LogP contribution in [0.15, 0.2) is 30.6 Å². The second-order valence-electron chi connectivity index (χ2n) is 5.11. The van der Waals surface area contributed by atoms with Crippen LogP contribution in [0.1, 0.15) is 24.2 Å². The largest absolute Gasteiger partial charge is 0.497 e. The molecule has 0 atom stereocenters. The summed E-state index contributed by atoms with van der Waals surface area (Å²) in [6.07, 6.45) is 0.794. The summed E-state index contributed by atoms with van der Waals surface area (Å²) in [4.78, 5) is 30.3. The molecule has 1 amide bonds. The van der Waals surface area contributed by atoms with E-state index in [1.807, 2.05) is 0 Å². The second kappa shape index (κ2) is 7.90. The minimum atomic E-state index is -0.681. The van der Waals surface area contributed by atoms with Crippen molar-refractivity contribution in [2.24, 2.45) is 0 Å². The standard InChI is InChI=1S/C15H17N5O5/c1-9(2)25-15-12(20(22)23)13(16-8-17-15)18-19-14(21)10-4-6-11(24-3)7-5-10/h4-9H,1-3H3,(H,19,21)(H,16,17,18). The van der Waals surface area contributed by atoms with Gasteiger partial charge in [0.15, 0.2) is 0 Å². The Morgan fingerprint density at radius 1 is 1.24 bits per heavy atom. The molecule has 0 unspecified atom stereocenters. The van der Waals surface area contributed by atoms with E-state index in [-0.39, 0.29) is 17.8 Å². The van der Waals surface area contributed by atoms with Gasteiger partial charge in [0.1, 0.15) is 12.1 Å². The van der Waals surface area contributed by atoms with Crippen molar-refractivity contribution in [2.75, 3.05) is 12.5 Å². The first kappa shape index (κ1) is 17.9. The van der Waals surface area contributed by atoms with Crippen LogP contribution in [-0.2, 0) is 0 Å². The van der Waals surface area contributed by atoms with E-state index < -0.39 is 16.5 Å². The number of nitro groups is 1. The molecule has 1 aromatic heterocycles. The molecular formula is C15H17N5O5. The van der Waals surface area contributed by atoms with Gasteiger partial charge in [0.25, 0.3) is 11.8 Å². The molecule has 0 aliphatic heterocycles. The van der Waals surface area contributed by atoms with Crippen molar-refractivity contribution in [3.63, 3.8) is 0 Å². The number of carbonyl (C=O) groups is 1. The third kappa shape index (κ3) is 4.53. The number of hydrazine groups is 1. The summed E-state index contributed by atoms with van der Waals surface area (Å²) in [7, 11) is 1.52. The first-order chi connectivity index (χ1) is 11.9. The Morgan fingerprint density at radius 2 is 1.92 bits per heavy atom. The van der Waals surface area contributed by atoms with Crippen LogP contribution < -0.4 is 20.3 Å². The summed E-state index contributed by atoms with van der Waals surface area (Å²) in [6, 6.07) is 6.35. The number of methoxy groups -OCH3 is 1. The number of benzene rings is 1. The van der Waals surface area contributed by atoms with Gasteiger partial charge in [-0.2, -0.15) is 4.98 Å². The number of anilines is 1. The van der Waals surface area contributed by atoms with Crippen LogP contribution in [0.25, 0.3) is 0 Å². The van der Waals surface area contributed by atoms with E-state index in [1.54, 1.807) is 38.1 Å². The molecule has 0 bridgehead atoms. The molecule has 0 radical (unpaired) electrons. The maximum absolute atomic E-state index is 12.1. The smallest absolute Gasteiger partial charge is 0.374 e. The van der Waals surface area contributed by atoms with Gasteiger partial charge in [-0.15, -0.1) is 0 Å². The average molecular weight is 347 g/mol. The molecule has 0 spiro atoms. The molecule has 2 rings (SSSR count). The van der Waals surface area contributed by atoms with Gasteiger partial charge in [-0.3, -0.25) is 25.8 Å². The third-order valence-corrected chi connectivity index (χ3v) is 2.97. The molecule has 0 aliphatic carbocycles. The molecule has 0 saturated carbocycles. The quantitative estimate of drug-likeness (QED) is 0.574. The zero-order valence-corrected chi connectivity index (χ0v) is 13.8. The molecule has 2 N–H and O–H groups in total. The Kier molecular flexibility index (Phi) is 5.66. The molecule has 10 nitrogen and oxygen atoms in total. The fraction of sp³-hybridized carbons (Fsp3) is 0.267. The van der Waals surface area contributed by atoms with Crippen molar-refractivity contribution < 1.29 is 19.2 Å². The fourth-order valence-electron chi connectivity index (χ4n) is 1.86. The van der Waals surface area contributed by atoms with Crippen molar-refractivity contribution in [2.45, 2.75) is 20.0 Å². The highest BCUT2D eigenvalue weighted by atomic mass is 16.6. The Balaban J connectivity index is 2.16. The SMILES string of the molecule is COc1ccc(C(=O)NNc2ncnc(OC(C)C)c2[N+](=O)[O-])cc1. The van der Waals surface area contributed by atoms with Gasteiger partial charge >= 0.3 is 5.69 Å². The van der Waals surface area contributed by atoms with E-state index >= 15 is 0 Å². The lowest BCUT2D eigenvalue weighted by Crippen LogP contribution is -2.30. The van der Waals surface area contributed by atoms with Crippen LogP contribution in [0.5, 0.6) is 11.6 Å². The topological polar surface area (TPSA) is 129 Å². The number of hydrogen-bond donors (Lipinski definition) is 2. The highest BCUT2D eigenvalue weighted by Gasteiger charge is 2.25. The van der Waals surface area contributed by atoms with Gasteiger partial charge in [-0.05, 0) is 38.1 Å². The number of nitrogens with one attached hydrogen (secondary N) is 2. The normalized spacial score (nSPS) is 10.2. The van der Waals surface area contributed by atoms with Gasteiger partial charge in [0.2, 0.25) is 5.82 Å². The number of nitrogens with zero attached hydrogens (tertiary/aromatic N) is 3. The molecule has 25 heavy (non-hydrogen) atoms. The van der Waals surface area contributed by atoms with Crippen LogP contribution in [0.3, 0.4) is 0 Å². The first-order valence-electron chi connectivity index (χ1n) is 7.28. The van der Waals surface area contributed by atoms with Crippen molar-refractivity contribution in [3.05, 3.63) is 46.3 Å². The number of carbonyl (C=O) groups excluding carboxylic acids is 1. The first-order valence-corrected chi connectivity index (χ1v) is 7.28. The van der Waals surface area contributed by atoms with Gasteiger partial charge in [0, 0.05) is 5.56 Å². The Labute approximate surface area is 143 Å². The number of amides is 1. The summed E-state index contributed by atoms with van der Waals surface area (Å²) < 4.78 is 10.3. The summed E-state index contributed by atoms with van der Waals surface area (Å²) in [5.41, 5.74) is 4.65. The van der Waals surface area contributed by atoms with Gasteiger partial charge in [-0.25, -0.2) is 4.98 Å². The molecule has 0 aliphatic rings. The predicted molar refractivity (Wildman–Crippen MR) is 88.5 cm³/mol. The molecule has 10 heteroatoms. The monoisotopic (exact) mass is 347 g/mol. The molecule has 132 valence electrons. The van der Waals surface area contributed by atoms with Gasteiger partial charge in [-0.1, -0.05) is 0 Å². The van der Waals surface area contributed by atoms with Crippen molar-refractivity contribution in [3.8, 4) is 11.6 Å². The van der Waals surface area contributed by atoms with Crippen molar-refractivity contribution in [1.82, 2.24) is 15.4 Å². The van der Waals surface area contributed by atoms with Crippen LogP contribution in [0.2, 0.25) is 0 Å². The average Bonchev–Trinajstić information content (AvgIpc) is 2.59. The summed E-state index contributed by atoms with van der Waals surface area (Å²) in [6.45, 7) is 3.43. The highest BCUT2D eigenvalue weighted by Crippen LogP contribution is 2.30. The van der Waals surface area contributed by atoms with E-state index in [1.165, 1.54) is 7.11 Å². The molecule has 2 aromatic rings. The number of hydrogen-bond acceptors (Lipinski definition) is 8. The maximum Gasteiger partial charge on any atom is 0.374 e. The lowest BCUT2D eigenvalue weighted by atomic mass is 10.2. The van der Waals surface area contributed by atoms with Crippen LogP contribution in [0, 0.1) is 10.1 Å². The van der Waals surface area contributed by atoms with Crippen LogP contribution in [-0.4, -0.2) is 34.0 Å². The minimum Gasteiger partial charge on any atom is -0.497 e. The number of ether oxygens (including phenoxy) is 2. The van der Waals surface area contributed by atoms with E-state index in [2.05, 4.69) is 20.8 Å². The Bertz CT molecular complexity index is 763. The molecular weight excluding hydrogens is 330 g/mol. The summed E-state index contributed by atoms with van der Waals surface area (Å²) >= 11 is 0. The summed E-state index contributed by atoms with van der Waals surface area (Å²) in [5.74, 6) is -0.262. The summed E-state index contributed by atoms with van der Waals surface area (Å²) in [5, 5.41) is 11.3. The lowest BCUT2D eigenvalue weighted by molar-refractivity contribution is -0.385. The zero-order valence-electron chi connectivity index (χ0n) is 13.8. The molecule has 1 aromatic carbocycles. The van der Waals surface area contributed by atoms with Gasteiger partial charge in [0.05, 0.1) is 18.1 Å². The second-order valence-corrected chi connectivity index (χ2v) is 5.11. The lowest BCUT2D eigenvalue weighted by Gasteiger charge is -2.12. The Morgan fingerprint density at radius 3 is 2.48 bits per heavy atom. The highest BCUT2D eigenvalue weighted by molar-refractivity contribution is 5.95. The third-order valence-electron chi connectivity index (χ3n) is 2.97. The van der Waals surface area contributed by atoms with E-state index in [0.29, 0.717) is 11.3 Å². The van der Waals surface area contributed by atoms with Crippen molar-refractivity contribution in [1.29, 1.82) is 0 Å². The van der Waals surface area contributed by atoms with Crippen LogP contribution in [0.4, 0.5) is 11.5 Å². The molecule has 0 saturated heterocycles. The Hall–Kier alpha value is -3.43. The molecule has 1 heterocycles. The zero-order chi connectivity index (χ0) is 18.4.